The van der Waals surface area contributed by atoms with Crippen LogP contribution in [0.25, 0.3) is 0 Å². The first-order valence-corrected chi connectivity index (χ1v) is 11.3. The van der Waals surface area contributed by atoms with E-state index in [9.17, 15) is 9.59 Å². The summed E-state index contributed by atoms with van der Waals surface area (Å²) in [4.78, 5) is 30.3. The van der Waals surface area contributed by atoms with Crippen molar-refractivity contribution in [2.75, 3.05) is 26.7 Å². The van der Waals surface area contributed by atoms with Gasteiger partial charge in [0.1, 0.15) is 11.4 Å². The van der Waals surface area contributed by atoms with Gasteiger partial charge in [0, 0.05) is 32.2 Å². The second-order valence-electron chi connectivity index (χ2n) is 8.61. The predicted octanol–water partition coefficient (Wildman–Crippen LogP) is 2.92. The van der Waals surface area contributed by atoms with E-state index in [1.54, 1.807) is 11.8 Å². The number of amides is 2. The van der Waals surface area contributed by atoms with Gasteiger partial charge in [0.2, 0.25) is 5.91 Å². The molecule has 7 nitrogen and oxygen atoms in total. The van der Waals surface area contributed by atoms with Gasteiger partial charge in [0.15, 0.2) is 0 Å². The third kappa shape index (κ3) is 4.45. The summed E-state index contributed by atoms with van der Waals surface area (Å²) in [6, 6.07) is 9.78. The van der Waals surface area contributed by atoms with E-state index in [4.69, 9.17) is 4.74 Å². The molecule has 0 radical (unpaired) electrons. The number of hydrogen-bond acceptors (Lipinski definition) is 4. The fourth-order valence-corrected chi connectivity index (χ4v) is 5.06. The lowest BCUT2D eigenvalue weighted by Crippen LogP contribution is -2.57. The molecule has 7 heteroatoms. The number of nitrogens with zero attached hydrogens (tertiary/aromatic N) is 4. The molecular formula is C24H32N4O3. The van der Waals surface area contributed by atoms with Crippen molar-refractivity contribution < 1.29 is 14.3 Å². The first kappa shape index (κ1) is 21.4. The molecule has 0 saturated carbocycles. The number of rotatable bonds is 5. The molecule has 1 aromatic heterocycles. The third-order valence-corrected chi connectivity index (χ3v) is 6.59. The van der Waals surface area contributed by atoms with E-state index in [2.05, 4.69) is 5.10 Å². The highest BCUT2D eigenvalue weighted by Crippen LogP contribution is 2.32. The van der Waals surface area contributed by atoms with Crippen LogP contribution in [0.4, 0.5) is 0 Å². The Kier molecular flexibility index (Phi) is 6.30. The topological polar surface area (TPSA) is 67.7 Å². The highest BCUT2D eigenvalue weighted by Gasteiger charge is 2.40. The molecule has 4 rings (SSSR count). The summed E-state index contributed by atoms with van der Waals surface area (Å²) in [5.74, 6) is 1.33. The Morgan fingerprint density at radius 3 is 2.81 bits per heavy atom. The number of hydrogen-bond donors (Lipinski definition) is 0. The zero-order valence-electron chi connectivity index (χ0n) is 18.7. The lowest BCUT2D eigenvalue weighted by Gasteiger charge is -2.47. The first-order chi connectivity index (χ1) is 15.0. The van der Waals surface area contributed by atoms with Gasteiger partial charge in [0.05, 0.1) is 19.2 Å². The van der Waals surface area contributed by atoms with E-state index in [1.807, 2.05) is 54.0 Å². The number of methoxy groups -OCH3 is 1. The number of piperidine rings is 2. The quantitative estimate of drug-likeness (QED) is 0.740. The largest absolute Gasteiger partial charge is 0.497 e. The average Bonchev–Trinajstić information content (AvgIpc) is 3.18. The minimum Gasteiger partial charge on any atom is -0.497 e. The number of carbonyl (C=O) groups is 2. The van der Waals surface area contributed by atoms with E-state index in [0.29, 0.717) is 31.1 Å². The molecule has 166 valence electrons. The van der Waals surface area contributed by atoms with Crippen molar-refractivity contribution in [3.8, 4) is 5.75 Å². The van der Waals surface area contributed by atoms with E-state index < -0.39 is 0 Å². The van der Waals surface area contributed by atoms with Crippen LogP contribution >= 0.6 is 0 Å². The molecule has 2 saturated heterocycles. The molecule has 0 bridgehead atoms. The van der Waals surface area contributed by atoms with Crippen LogP contribution in [-0.2, 0) is 17.8 Å². The van der Waals surface area contributed by atoms with Gasteiger partial charge in [-0.3, -0.25) is 14.3 Å². The number of aryl methyl sites for hydroxylation is 2. The number of ether oxygens (including phenoxy) is 1. The Labute approximate surface area is 184 Å². The molecule has 0 unspecified atom stereocenters. The maximum atomic E-state index is 13.3. The van der Waals surface area contributed by atoms with Crippen LogP contribution in [0.5, 0.6) is 5.75 Å². The van der Waals surface area contributed by atoms with Gasteiger partial charge in [-0.2, -0.15) is 5.10 Å². The monoisotopic (exact) mass is 424 g/mol. The van der Waals surface area contributed by atoms with E-state index in [1.165, 1.54) is 0 Å². The SMILES string of the molecule is CCn1nc(C)cc1C(=O)N1CCC[C@@H]2CN(C(=O)Cc3cccc(OC)c3)CC[C@H]21. The van der Waals surface area contributed by atoms with Crippen molar-refractivity contribution in [1.29, 1.82) is 0 Å². The van der Waals surface area contributed by atoms with Crippen LogP contribution in [0.2, 0.25) is 0 Å². The van der Waals surface area contributed by atoms with Gasteiger partial charge >= 0.3 is 0 Å². The first-order valence-electron chi connectivity index (χ1n) is 11.3. The Balaban J connectivity index is 1.43. The number of fused-ring (bicyclic) bond motifs is 1. The van der Waals surface area contributed by atoms with Gasteiger partial charge in [-0.15, -0.1) is 0 Å². The molecule has 0 spiro atoms. The second-order valence-corrected chi connectivity index (χ2v) is 8.61. The van der Waals surface area contributed by atoms with Gasteiger partial charge in [-0.25, -0.2) is 0 Å². The molecule has 2 fully saturated rings. The summed E-state index contributed by atoms with van der Waals surface area (Å²) < 4.78 is 7.07. The van der Waals surface area contributed by atoms with Crippen LogP contribution in [-0.4, -0.2) is 64.2 Å². The molecular weight excluding hydrogens is 392 g/mol. The van der Waals surface area contributed by atoms with Crippen LogP contribution in [0.15, 0.2) is 30.3 Å². The Morgan fingerprint density at radius 1 is 1.19 bits per heavy atom. The molecule has 2 aromatic rings. The Morgan fingerprint density at radius 2 is 2.03 bits per heavy atom. The van der Waals surface area contributed by atoms with Crippen molar-refractivity contribution in [1.82, 2.24) is 19.6 Å². The molecule has 31 heavy (non-hydrogen) atoms. The number of likely N-dealkylation sites (tertiary alicyclic amines) is 2. The summed E-state index contributed by atoms with van der Waals surface area (Å²) in [5, 5.41) is 4.44. The third-order valence-electron chi connectivity index (χ3n) is 6.59. The summed E-state index contributed by atoms with van der Waals surface area (Å²) in [7, 11) is 1.64. The zero-order chi connectivity index (χ0) is 22.0. The minimum atomic E-state index is 0.0771. The van der Waals surface area contributed by atoms with Crippen molar-refractivity contribution in [2.45, 2.75) is 52.1 Å². The lowest BCUT2D eigenvalue weighted by molar-refractivity contribution is -0.133. The van der Waals surface area contributed by atoms with Gasteiger partial charge in [-0.1, -0.05) is 12.1 Å². The fourth-order valence-electron chi connectivity index (χ4n) is 5.06. The van der Waals surface area contributed by atoms with Gasteiger partial charge in [0.25, 0.3) is 5.91 Å². The minimum absolute atomic E-state index is 0.0771. The number of aromatic nitrogens is 2. The molecule has 0 N–H and O–H groups in total. The average molecular weight is 425 g/mol. The van der Waals surface area contributed by atoms with E-state index >= 15 is 0 Å². The number of carbonyl (C=O) groups excluding carboxylic acids is 2. The lowest BCUT2D eigenvalue weighted by atomic mass is 9.83. The molecule has 2 amide bonds. The smallest absolute Gasteiger partial charge is 0.272 e. The van der Waals surface area contributed by atoms with Gasteiger partial charge in [-0.05, 0) is 62.8 Å². The molecule has 2 aliphatic heterocycles. The maximum Gasteiger partial charge on any atom is 0.272 e. The van der Waals surface area contributed by atoms with Crippen LogP contribution < -0.4 is 4.74 Å². The number of benzene rings is 1. The highest BCUT2D eigenvalue weighted by molar-refractivity contribution is 5.93. The van der Waals surface area contributed by atoms with Crippen molar-refractivity contribution in [2.24, 2.45) is 5.92 Å². The fraction of sp³-hybridized carbons (Fsp3) is 0.542. The Hall–Kier alpha value is -2.83. The van der Waals surface area contributed by atoms with Crippen LogP contribution in [0.1, 0.15) is 47.9 Å². The van der Waals surface area contributed by atoms with Crippen molar-refractivity contribution in [3.05, 3.63) is 47.3 Å². The predicted molar refractivity (Wildman–Crippen MR) is 118 cm³/mol. The highest BCUT2D eigenvalue weighted by atomic mass is 16.5. The molecule has 2 atom stereocenters. The van der Waals surface area contributed by atoms with E-state index in [-0.39, 0.29) is 17.9 Å². The van der Waals surface area contributed by atoms with Gasteiger partial charge < -0.3 is 14.5 Å². The Bertz CT molecular complexity index is 954. The summed E-state index contributed by atoms with van der Waals surface area (Å²) in [5.41, 5.74) is 2.52. The normalized spacial score (nSPS) is 21.0. The van der Waals surface area contributed by atoms with Crippen LogP contribution in [0.3, 0.4) is 0 Å². The zero-order valence-corrected chi connectivity index (χ0v) is 18.7. The molecule has 1 aromatic carbocycles. The summed E-state index contributed by atoms with van der Waals surface area (Å²) >= 11 is 0. The molecule has 0 aliphatic carbocycles. The van der Waals surface area contributed by atoms with Crippen molar-refractivity contribution >= 4 is 11.8 Å². The van der Waals surface area contributed by atoms with E-state index in [0.717, 1.165) is 49.4 Å². The van der Waals surface area contributed by atoms with Crippen LogP contribution in [0, 0.1) is 12.8 Å². The summed E-state index contributed by atoms with van der Waals surface area (Å²) in [6.45, 7) is 6.82. The van der Waals surface area contributed by atoms with Crippen molar-refractivity contribution in [3.63, 3.8) is 0 Å². The maximum absolute atomic E-state index is 13.3. The molecule has 2 aliphatic rings. The standard InChI is InChI=1S/C24H32N4O3/c1-4-28-22(13-17(2)25-28)24(30)27-11-6-8-19-16-26(12-10-21(19)27)23(29)15-18-7-5-9-20(14-18)31-3/h5,7,9,13-14,19,21H,4,6,8,10-12,15-16H2,1-3H3/t19-,21-/m1/s1. The summed E-state index contributed by atoms with van der Waals surface area (Å²) in [6.07, 6.45) is 3.25. The molecule has 3 heterocycles. The second kappa shape index (κ2) is 9.12.